The molecular weight excluding hydrogens is 250 g/mol. The number of aromatic carboxylic acids is 1. The Labute approximate surface area is 110 Å². The fraction of sp³-hybridized carbons (Fsp3) is 0.538. The van der Waals surface area contributed by atoms with Crippen LogP contribution >= 0.6 is 0 Å². The van der Waals surface area contributed by atoms with E-state index in [0.717, 1.165) is 25.7 Å². The van der Waals surface area contributed by atoms with E-state index < -0.39 is 5.97 Å². The molecule has 1 saturated heterocycles. The number of carbonyl (C=O) groups excluding carboxylic acids is 1. The number of rotatable bonds is 3. The van der Waals surface area contributed by atoms with Crippen molar-refractivity contribution in [1.29, 1.82) is 0 Å². The van der Waals surface area contributed by atoms with Crippen molar-refractivity contribution >= 4 is 11.9 Å². The van der Waals surface area contributed by atoms with Gasteiger partial charge in [0.05, 0.1) is 12.6 Å². The molecule has 2 N–H and O–H groups in total. The molecule has 0 aromatic carbocycles. The maximum Gasteiger partial charge on any atom is 0.371 e. The number of furan rings is 1. The molecule has 0 saturated carbocycles. The first kappa shape index (κ1) is 13.6. The maximum absolute atomic E-state index is 12.3. The van der Waals surface area contributed by atoms with Crippen molar-refractivity contribution in [3.05, 3.63) is 23.7 Å². The van der Waals surface area contributed by atoms with E-state index in [-0.39, 0.29) is 30.1 Å². The average Bonchev–Trinajstić information content (AvgIpc) is 2.77. The minimum Gasteiger partial charge on any atom is -0.475 e. The van der Waals surface area contributed by atoms with Gasteiger partial charge in [0.25, 0.3) is 5.91 Å². The summed E-state index contributed by atoms with van der Waals surface area (Å²) in [6.45, 7) is 0.478. The Kier molecular flexibility index (Phi) is 4.21. The Morgan fingerprint density at radius 3 is 2.63 bits per heavy atom. The predicted octanol–water partition coefficient (Wildman–Crippen LogP) is 1.35. The lowest BCUT2D eigenvalue weighted by Gasteiger charge is -2.27. The lowest BCUT2D eigenvalue weighted by atomic mass is 10.1. The Hall–Kier alpha value is -1.82. The van der Waals surface area contributed by atoms with Crippen molar-refractivity contribution in [3.8, 4) is 0 Å². The van der Waals surface area contributed by atoms with Crippen molar-refractivity contribution in [2.75, 3.05) is 13.2 Å². The number of aliphatic hydroxyl groups excluding tert-OH is 1. The molecule has 2 heterocycles. The van der Waals surface area contributed by atoms with E-state index in [9.17, 15) is 14.7 Å². The lowest BCUT2D eigenvalue weighted by molar-refractivity contribution is 0.0559. The zero-order valence-corrected chi connectivity index (χ0v) is 10.5. The van der Waals surface area contributed by atoms with E-state index in [4.69, 9.17) is 9.52 Å². The van der Waals surface area contributed by atoms with Crippen LogP contribution in [0.2, 0.25) is 0 Å². The first-order valence-electron chi connectivity index (χ1n) is 6.38. The second-order valence-electron chi connectivity index (χ2n) is 4.65. The smallest absolute Gasteiger partial charge is 0.371 e. The first-order valence-corrected chi connectivity index (χ1v) is 6.38. The van der Waals surface area contributed by atoms with Gasteiger partial charge in [-0.15, -0.1) is 0 Å². The molecule has 104 valence electrons. The average molecular weight is 267 g/mol. The third kappa shape index (κ3) is 2.96. The van der Waals surface area contributed by atoms with Crippen LogP contribution in [-0.4, -0.2) is 46.2 Å². The minimum absolute atomic E-state index is 0.0118. The number of carboxylic acids is 1. The number of likely N-dealkylation sites (tertiary alicyclic amines) is 1. The summed E-state index contributed by atoms with van der Waals surface area (Å²) in [7, 11) is 0. The number of carboxylic acid groups (broad SMARTS) is 1. The van der Waals surface area contributed by atoms with Gasteiger partial charge in [-0.1, -0.05) is 12.8 Å². The summed E-state index contributed by atoms with van der Waals surface area (Å²) < 4.78 is 5.02. The molecule has 0 spiro atoms. The number of nitrogens with zero attached hydrogens (tertiary/aromatic N) is 1. The van der Waals surface area contributed by atoms with Gasteiger partial charge in [0.2, 0.25) is 5.76 Å². The van der Waals surface area contributed by atoms with Gasteiger partial charge in [-0.2, -0.15) is 0 Å². The van der Waals surface area contributed by atoms with E-state index in [1.165, 1.54) is 12.1 Å². The summed E-state index contributed by atoms with van der Waals surface area (Å²) in [6, 6.07) is 2.42. The first-order chi connectivity index (χ1) is 9.13. The SMILES string of the molecule is O=C(O)c1ccc(C(=O)N2CCCCCC2CO)o1. The van der Waals surface area contributed by atoms with Crippen LogP contribution in [0.5, 0.6) is 0 Å². The number of hydrogen-bond donors (Lipinski definition) is 2. The van der Waals surface area contributed by atoms with Gasteiger partial charge in [0.1, 0.15) is 0 Å². The third-order valence-electron chi connectivity index (χ3n) is 3.38. The van der Waals surface area contributed by atoms with Crippen LogP contribution < -0.4 is 0 Å². The molecule has 6 heteroatoms. The molecule has 0 aliphatic carbocycles. The molecule has 1 aromatic heterocycles. The van der Waals surface area contributed by atoms with Crippen molar-refractivity contribution in [2.24, 2.45) is 0 Å². The van der Waals surface area contributed by atoms with Crippen LogP contribution in [0.3, 0.4) is 0 Å². The van der Waals surface area contributed by atoms with E-state index in [2.05, 4.69) is 0 Å². The number of aliphatic hydroxyl groups is 1. The Morgan fingerprint density at radius 1 is 1.26 bits per heavy atom. The largest absolute Gasteiger partial charge is 0.475 e. The van der Waals surface area contributed by atoms with Gasteiger partial charge in [0, 0.05) is 6.54 Å². The zero-order chi connectivity index (χ0) is 13.8. The molecular formula is C13H17NO5. The second-order valence-corrected chi connectivity index (χ2v) is 4.65. The third-order valence-corrected chi connectivity index (χ3v) is 3.38. The van der Waals surface area contributed by atoms with Crippen molar-refractivity contribution < 1.29 is 24.2 Å². The molecule has 1 aliphatic rings. The van der Waals surface area contributed by atoms with E-state index in [0.29, 0.717) is 6.54 Å². The standard InChI is InChI=1S/C13H17NO5/c15-8-9-4-2-1-3-7-14(9)12(16)10-5-6-11(19-10)13(17)18/h5-6,9,15H,1-4,7-8H2,(H,17,18). The highest BCUT2D eigenvalue weighted by Gasteiger charge is 2.28. The Morgan fingerprint density at radius 2 is 2.00 bits per heavy atom. The summed E-state index contributed by atoms with van der Waals surface area (Å²) in [5.74, 6) is -1.79. The minimum atomic E-state index is -1.20. The van der Waals surface area contributed by atoms with Crippen molar-refractivity contribution in [3.63, 3.8) is 0 Å². The van der Waals surface area contributed by atoms with Gasteiger partial charge >= 0.3 is 5.97 Å². The summed E-state index contributed by atoms with van der Waals surface area (Å²) in [6.07, 6.45) is 3.65. The van der Waals surface area contributed by atoms with Gasteiger partial charge < -0.3 is 19.5 Å². The topological polar surface area (TPSA) is 91.0 Å². The molecule has 1 aromatic rings. The van der Waals surface area contributed by atoms with E-state index >= 15 is 0 Å². The number of hydrogen-bond acceptors (Lipinski definition) is 4. The van der Waals surface area contributed by atoms with Crippen LogP contribution in [0.15, 0.2) is 16.5 Å². The van der Waals surface area contributed by atoms with Gasteiger partial charge in [-0.3, -0.25) is 4.79 Å². The quantitative estimate of drug-likeness (QED) is 0.862. The Balaban J connectivity index is 2.17. The molecule has 6 nitrogen and oxygen atoms in total. The summed E-state index contributed by atoms with van der Waals surface area (Å²) >= 11 is 0. The van der Waals surface area contributed by atoms with Gasteiger partial charge in [-0.05, 0) is 25.0 Å². The van der Waals surface area contributed by atoms with Gasteiger partial charge in [0.15, 0.2) is 5.76 Å². The normalized spacial score (nSPS) is 20.1. The predicted molar refractivity (Wildman–Crippen MR) is 66.0 cm³/mol. The molecule has 2 rings (SSSR count). The maximum atomic E-state index is 12.3. The highest BCUT2D eigenvalue weighted by atomic mass is 16.4. The van der Waals surface area contributed by atoms with Crippen LogP contribution in [0.25, 0.3) is 0 Å². The fourth-order valence-corrected chi connectivity index (χ4v) is 2.34. The summed E-state index contributed by atoms with van der Waals surface area (Å²) in [4.78, 5) is 24.6. The molecule has 0 bridgehead atoms. The number of carbonyl (C=O) groups is 2. The molecule has 0 radical (unpaired) electrons. The van der Waals surface area contributed by atoms with Crippen LogP contribution in [0, 0.1) is 0 Å². The van der Waals surface area contributed by atoms with E-state index in [1.807, 2.05) is 0 Å². The number of amides is 1. The van der Waals surface area contributed by atoms with Gasteiger partial charge in [-0.25, -0.2) is 4.79 Å². The van der Waals surface area contributed by atoms with Crippen molar-refractivity contribution in [1.82, 2.24) is 4.90 Å². The second kappa shape index (κ2) is 5.88. The van der Waals surface area contributed by atoms with Crippen LogP contribution in [0.4, 0.5) is 0 Å². The zero-order valence-electron chi connectivity index (χ0n) is 10.5. The highest BCUT2D eigenvalue weighted by Crippen LogP contribution is 2.20. The molecule has 1 atom stereocenters. The lowest BCUT2D eigenvalue weighted by Crippen LogP contribution is -2.41. The fourth-order valence-electron chi connectivity index (χ4n) is 2.34. The van der Waals surface area contributed by atoms with Crippen LogP contribution in [-0.2, 0) is 0 Å². The highest BCUT2D eigenvalue weighted by molar-refractivity contribution is 5.93. The summed E-state index contributed by atoms with van der Waals surface area (Å²) in [5.41, 5.74) is 0. The molecule has 1 amide bonds. The van der Waals surface area contributed by atoms with Crippen molar-refractivity contribution in [2.45, 2.75) is 31.7 Å². The molecule has 19 heavy (non-hydrogen) atoms. The Bertz CT molecular complexity index is 467. The molecule has 1 fully saturated rings. The van der Waals surface area contributed by atoms with E-state index in [1.54, 1.807) is 4.90 Å². The molecule has 1 aliphatic heterocycles. The molecule has 1 unspecified atom stereocenters. The van der Waals surface area contributed by atoms with Crippen LogP contribution in [0.1, 0.15) is 46.8 Å². The monoisotopic (exact) mass is 267 g/mol. The summed E-state index contributed by atoms with van der Waals surface area (Å²) in [5, 5.41) is 18.1.